The van der Waals surface area contributed by atoms with Gasteiger partial charge < -0.3 is 14.6 Å². The molecule has 0 amide bonds. The maximum absolute atomic E-state index is 13.5. The van der Waals surface area contributed by atoms with Crippen molar-refractivity contribution in [3.8, 4) is 0 Å². The Morgan fingerprint density at radius 3 is 2.95 bits per heavy atom. The van der Waals surface area contributed by atoms with Crippen LogP contribution < -0.4 is 5.32 Å². The van der Waals surface area contributed by atoms with Crippen molar-refractivity contribution >= 4 is 5.95 Å². The van der Waals surface area contributed by atoms with Crippen molar-refractivity contribution in [2.45, 2.75) is 13.1 Å². The summed E-state index contributed by atoms with van der Waals surface area (Å²) in [5, 5.41) is 3.01. The quantitative estimate of drug-likeness (QED) is 0.873. The number of hydrogen-bond donors (Lipinski definition) is 1. The van der Waals surface area contributed by atoms with E-state index < -0.39 is 11.6 Å². The first kappa shape index (κ1) is 13.5. The molecule has 1 aromatic carbocycles. The summed E-state index contributed by atoms with van der Waals surface area (Å²) in [5.41, 5.74) is 0.391. The third kappa shape index (κ3) is 3.51. The van der Waals surface area contributed by atoms with Gasteiger partial charge in [0.15, 0.2) is 0 Å². The van der Waals surface area contributed by atoms with Crippen LogP contribution in [0.5, 0.6) is 0 Å². The predicted molar refractivity (Wildman–Crippen MR) is 67.8 cm³/mol. The number of rotatable bonds is 6. The minimum absolute atomic E-state index is 0.246. The molecule has 0 aliphatic carbocycles. The van der Waals surface area contributed by atoms with Gasteiger partial charge in [-0.05, 0) is 6.07 Å². The van der Waals surface area contributed by atoms with Crippen molar-refractivity contribution in [3.63, 3.8) is 0 Å². The summed E-state index contributed by atoms with van der Waals surface area (Å²) in [7, 11) is 1.62. The van der Waals surface area contributed by atoms with Crippen LogP contribution in [0.2, 0.25) is 0 Å². The smallest absolute Gasteiger partial charge is 0.203 e. The summed E-state index contributed by atoms with van der Waals surface area (Å²) in [5.74, 6) is -0.522. The van der Waals surface area contributed by atoms with Crippen molar-refractivity contribution in [1.82, 2.24) is 9.55 Å². The Balaban J connectivity index is 2.00. The zero-order chi connectivity index (χ0) is 13.7. The van der Waals surface area contributed by atoms with E-state index in [1.54, 1.807) is 13.3 Å². The molecule has 19 heavy (non-hydrogen) atoms. The van der Waals surface area contributed by atoms with Crippen molar-refractivity contribution in [1.29, 1.82) is 0 Å². The largest absolute Gasteiger partial charge is 0.383 e. The molecule has 0 aliphatic heterocycles. The zero-order valence-corrected chi connectivity index (χ0v) is 10.6. The van der Waals surface area contributed by atoms with Gasteiger partial charge in [-0.1, -0.05) is 6.07 Å². The molecule has 0 radical (unpaired) electrons. The third-order valence-electron chi connectivity index (χ3n) is 2.70. The molecule has 0 aliphatic rings. The molecule has 0 fully saturated rings. The van der Waals surface area contributed by atoms with Crippen LogP contribution in [0.15, 0.2) is 30.6 Å². The summed E-state index contributed by atoms with van der Waals surface area (Å²) in [6, 6.07) is 3.52. The number of nitrogens with zero attached hydrogens (tertiary/aromatic N) is 2. The van der Waals surface area contributed by atoms with Crippen LogP contribution in [-0.2, 0) is 17.8 Å². The molecule has 6 heteroatoms. The molecule has 2 aromatic rings. The van der Waals surface area contributed by atoms with E-state index in [2.05, 4.69) is 10.3 Å². The molecule has 1 heterocycles. The third-order valence-corrected chi connectivity index (χ3v) is 2.70. The van der Waals surface area contributed by atoms with Gasteiger partial charge in [0, 0.05) is 44.2 Å². The molecular weight excluding hydrogens is 252 g/mol. The van der Waals surface area contributed by atoms with E-state index in [1.807, 2.05) is 10.8 Å². The second-order valence-corrected chi connectivity index (χ2v) is 4.03. The van der Waals surface area contributed by atoms with Crippen molar-refractivity contribution in [3.05, 3.63) is 47.8 Å². The lowest BCUT2D eigenvalue weighted by Crippen LogP contribution is -2.10. The average molecular weight is 267 g/mol. The fraction of sp³-hybridized carbons (Fsp3) is 0.308. The van der Waals surface area contributed by atoms with Gasteiger partial charge in [-0.3, -0.25) is 0 Å². The fourth-order valence-electron chi connectivity index (χ4n) is 1.69. The van der Waals surface area contributed by atoms with Crippen molar-refractivity contribution < 1.29 is 13.5 Å². The minimum atomic E-state index is -0.581. The highest BCUT2D eigenvalue weighted by molar-refractivity contribution is 5.29. The molecule has 0 unspecified atom stereocenters. The Bertz CT molecular complexity index is 542. The molecule has 0 saturated carbocycles. The van der Waals surface area contributed by atoms with E-state index in [1.165, 1.54) is 12.1 Å². The number of nitrogens with one attached hydrogen (secondary N) is 1. The monoisotopic (exact) mass is 267 g/mol. The minimum Gasteiger partial charge on any atom is -0.383 e. The van der Waals surface area contributed by atoms with Gasteiger partial charge in [0.05, 0.1) is 6.61 Å². The molecule has 0 bridgehead atoms. The summed E-state index contributed by atoms with van der Waals surface area (Å²) < 4.78 is 33.1. The van der Waals surface area contributed by atoms with Crippen LogP contribution >= 0.6 is 0 Å². The topological polar surface area (TPSA) is 39.1 Å². The molecule has 102 valence electrons. The first-order chi connectivity index (χ1) is 9.20. The lowest BCUT2D eigenvalue weighted by atomic mass is 10.2. The number of hydrogen-bond acceptors (Lipinski definition) is 3. The van der Waals surface area contributed by atoms with Gasteiger partial charge in [0.2, 0.25) is 5.95 Å². The number of ether oxygens (including phenoxy) is 1. The maximum Gasteiger partial charge on any atom is 0.203 e. The van der Waals surface area contributed by atoms with Crippen molar-refractivity contribution in [2.24, 2.45) is 0 Å². The number of aromatic nitrogens is 2. The molecule has 0 saturated heterocycles. The summed E-state index contributed by atoms with van der Waals surface area (Å²) in [6.45, 7) is 1.47. The maximum atomic E-state index is 13.5. The van der Waals surface area contributed by atoms with E-state index in [4.69, 9.17) is 4.74 Å². The first-order valence-electron chi connectivity index (χ1n) is 5.88. The highest BCUT2D eigenvalue weighted by Gasteiger charge is 2.06. The van der Waals surface area contributed by atoms with Crippen LogP contribution in [0.25, 0.3) is 0 Å². The van der Waals surface area contributed by atoms with Crippen LogP contribution in [0, 0.1) is 11.6 Å². The molecular formula is C13H15F2N3O. The normalized spacial score (nSPS) is 10.7. The lowest BCUT2D eigenvalue weighted by molar-refractivity contribution is 0.187. The highest BCUT2D eigenvalue weighted by Crippen LogP contribution is 2.12. The van der Waals surface area contributed by atoms with E-state index in [0.29, 0.717) is 24.7 Å². The van der Waals surface area contributed by atoms with E-state index in [-0.39, 0.29) is 6.54 Å². The second-order valence-electron chi connectivity index (χ2n) is 4.03. The van der Waals surface area contributed by atoms with Gasteiger partial charge in [0.25, 0.3) is 0 Å². The van der Waals surface area contributed by atoms with Gasteiger partial charge in [-0.25, -0.2) is 13.8 Å². The fourth-order valence-corrected chi connectivity index (χ4v) is 1.69. The summed E-state index contributed by atoms with van der Waals surface area (Å²) in [4.78, 5) is 4.13. The number of methoxy groups -OCH3 is 1. The lowest BCUT2D eigenvalue weighted by Gasteiger charge is -2.10. The van der Waals surface area contributed by atoms with Crippen LogP contribution in [-0.4, -0.2) is 23.3 Å². The van der Waals surface area contributed by atoms with Gasteiger partial charge in [-0.2, -0.15) is 0 Å². The molecule has 0 atom stereocenters. The van der Waals surface area contributed by atoms with Gasteiger partial charge >= 0.3 is 0 Å². The van der Waals surface area contributed by atoms with E-state index >= 15 is 0 Å². The number of halogens is 2. The average Bonchev–Trinajstić information content (AvgIpc) is 2.83. The van der Waals surface area contributed by atoms with E-state index in [9.17, 15) is 8.78 Å². The predicted octanol–water partition coefficient (Wildman–Crippen LogP) is 2.42. The number of anilines is 1. The van der Waals surface area contributed by atoms with E-state index in [0.717, 1.165) is 6.07 Å². The zero-order valence-electron chi connectivity index (χ0n) is 10.6. The Kier molecular flexibility index (Phi) is 4.46. The Hall–Kier alpha value is -1.95. The SMILES string of the molecule is COCCn1ccnc1NCc1ccc(F)cc1F. The Labute approximate surface area is 110 Å². The summed E-state index contributed by atoms with van der Waals surface area (Å²) >= 11 is 0. The molecule has 0 spiro atoms. The second kappa shape index (κ2) is 6.29. The van der Waals surface area contributed by atoms with Crippen LogP contribution in [0.4, 0.5) is 14.7 Å². The number of benzene rings is 1. The molecule has 1 N–H and O–H groups in total. The molecule has 4 nitrogen and oxygen atoms in total. The first-order valence-corrected chi connectivity index (χ1v) is 5.88. The Morgan fingerprint density at radius 2 is 2.21 bits per heavy atom. The van der Waals surface area contributed by atoms with Gasteiger partial charge in [-0.15, -0.1) is 0 Å². The standard InChI is InChI=1S/C13H15F2N3O/c1-19-7-6-18-5-4-16-13(18)17-9-10-2-3-11(14)8-12(10)15/h2-5,8H,6-7,9H2,1H3,(H,16,17). The molecule has 1 aromatic heterocycles. The number of imidazole rings is 1. The summed E-state index contributed by atoms with van der Waals surface area (Å²) in [6.07, 6.45) is 3.46. The highest BCUT2D eigenvalue weighted by atomic mass is 19.1. The Morgan fingerprint density at radius 1 is 1.37 bits per heavy atom. The van der Waals surface area contributed by atoms with Crippen LogP contribution in [0.1, 0.15) is 5.56 Å². The van der Waals surface area contributed by atoms with Gasteiger partial charge in [0.1, 0.15) is 11.6 Å². The molecule has 2 rings (SSSR count). The van der Waals surface area contributed by atoms with Crippen LogP contribution in [0.3, 0.4) is 0 Å². The van der Waals surface area contributed by atoms with Crippen molar-refractivity contribution in [2.75, 3.05) is 19.0 Å².